The fourth-order valence-electron chi connectivity index (χ4n) is 6.01. The summed E-state index contributed by atoms with van der Waals surface area (Å²) >= 11 is 0. The van der Waals surface area contributed by atoms with E-state index in [0.717, 1.165) is 55.1 Å². The zero-order chi connectivity index (χ0) is 35.3. The molecule has 11 heteroatoms. The van der Waals surface area contributed by atoms with Crippen LogP contribution in [0.3, 0.4) is 0 Å². The molecular formula is C39H48N4O7. The highest BCUT2D eigenvalue weighted by Gasteiger charge is 2.50. The van der Waals surface area contributed by atoms with Crippen LogP contribution in [0.1, 0.15) is 35.6 Å². The number of aryl methyl sites for hydroxylation is 1. The molecule has 0 bridgehead atoms. The largest absolute Gasteiger partial charge is 0.382 e. The van der Waals surface area contributed by atoms with Crippen LogP contribution in [0, 0.1) is 0 Å². The van der Waals surface area contributed by atoms with E-state index in [2.05, 4.69) is 20.9 Å². The van der Waals surface area contributed by atoms with Crippen molar-refractivity contribution >= 4 is 23.5 Å². The first-order valence-corrected chi connectivity index (χ1v) is 17.3. The van der Waals surface area contributed by atoms with E-state index in [-0.39, 0.29) is 37.7 Å². The van der Waals surface area contributed by atoms with Crippen molar-refractivity contribution < 1.29 is 33.4 Å². The van der Waals surface area contributed by atoms with Crippen molar-refractivity contribution in [2.24, 2.45) is 0 Å². The van der Waals surface area contributed by atoms with Gasteiger partial charge in [-0.25, -0.2) is 0 Å². The van der Waals surface area contributed by atoms with Gasteiger partial charge in [-0.3, -0.25) is 24.1 Å². The Morgan fingerprint density at radius 2 is 1.34 bits per heavy atom. The maximum atomic E-state index is 13.8. The van der Waals surface area contributed by atoms with Crippen molar-refractivity contribution in [2.45, 2.75) is 62.9 Å². The summed E-state index contributed by atoms with van der Waals surface area (Å²) in [5, 5.41) is 8.53. The molecule has 0 radical (unpaired) electrons. The maximum Gasteiger partial charge on any atom is 0.245 e. The van der Waals surface area contributed by atoms with Crippen LogP contribution in [0.2, 0.25) is 0 Å². The smallest absolute Gasteiger partial charge is 0.245 e. The molecule has 4 unspecified atom stereocenters. The number of nitrogens with one attached hydrogen (secondary N) is 3. The number of amides is 3. The molecule has 266 valence electrons. The van der Waals surface area contributed by atoms with Gasteiger partial charge in [0.15, 0.2) is 5.78 Å². The van der Waals surface area contributed by atoms with Crippen LogP contribution in [-0.2, 0) is 59.2 Å². The molecule has 0 aliphatic carbocycles. The summed E-state index contributed by atoms with van der Waals surface area (Å²) in [7, 11) is 1.43. The fourth-order valence-corrected chi connectivity index (χ4v) is 6.01. The second-order valence-electron chi connectivity index (χ2n) is 13.2. The number of Topliss-reactive ketones (excluding diaryl/α,β-unsaturated/α-hetero) is 1. The van der Waals surface area contributed by atoms with E-state index in [0.29, 0.717) is 12.8 Å². The number of benzene rings is 3. The van der Waals surface area contributed by atoms with E-state index in [1.165, 1.54) is 7.11 Å². The Kier molecular flexibility index (Phi) is 13.3. The third-order valence-electron chi connectivity index (χ3n) is 9.09. The molecule has 5 rings (SSSR count). The Morgan fingerprint density at radius 3 is 1.96 bits per heavy atom. The quantitative estimate of drug-likeness (QED) is 0.174. The zero-order valence-electron chi connectivity index (χ0n) is 28.9. The third-order valence-corrected chi connectivity index (χ3v) is 9.09. The number of ketones is 1. The number of hydrogen-bond acceptors (Lipinski definition) is 8. The molecule has 3 aromatic carbocycles. The summed E-state index contributed by atoms with van der Waals surface area (Å²) in [6, 6.07) is 24.1. The molecule has 3 N–H and O–H groups in total. The third kappa shape index (κ3) is 11.0. The molecule has 3 aromatic rings. The van der Waals surface area contributed by atoms with Gasteiger partial charge in [-0.05, 0) is 48.4 Å². The molecule has 2 aliphatic heterocycles. The van der Waals surface area contributed by atoms with Gasteiger partial charge in [0.25, 0.3) is 0 Å². The van der Waals surface area contributed by atoms with Gasteiger partial charge in [0.1, 0.15) is 17.7 Å². The number of nitrogens with zero attached hydrogens (tertiary/aromatic N) is 1. The number of ether oxygens (including phenoxy) is 3. The van der Waals surface area contributed by atoms with Gasteiger partial charge in [0, 0.05) is 26.7 Å². The predicted octanol–water partition coefficient (Wildman–Crippen LogP) is 2.40. The lowest BCUT2D eigenvalue weighted by Gasteiger charge is -2.26. The molecule has 11 nitrogen and oxygen atoms in total. The minimum atomic E-state index is -1.11. The van der Waals surface area contributed by atoms with Crippen LogP contribution in [-0.4, -0.2) is 98.8 Å². The molecule has 4 atom stereocenters. The van der Waals surface area contributed by atoms with Gasteiger partial charge in [0.2, 0.25) is 17.7 Å². The molecule has 2 fully saturated rings. The van der Waals surface area contributed by atoms with Gasteiger partial charge in [-0.1, -0.05) is 84.9 Å². The first-order valence-electron chi connectivity index (χ1n) is 17.3. The average molecular weight is 685 g/mol. The molecule has 50 heavy (non-hydrogen) atoms. The Bertz CT molecular complexity index is 1560. The van der Waals surface area contributed by atoms with Crippen LogP contribution in [0.15, 0.2) is 84.9 Å². The Morgan fingerprint density at radius 1 is 0.760 bits per heavy atom. The fraction of sp³-hybridized carbons (Fsp3) is 0.436. The highest BCUT2D eigenvalue weighted by Crippen LogP contribution is 2.29. The van der Waals surface area contributed by atoms with Crippen molar-refractivity contribution in [1.82, 2.24) is 20.9 Å². The number of epoxide rings is 1. The van der Waals surface area contributed by atoms with E-state index in [1.807, 2.05) is 84.9 Å². The second-order valence-corrected chi connectivity index (χ2v) is 13.2. The molecule has 0 spiro atoms. The SMILES string of the molecule is COCC(NC(=O)C(CCc1ccccc1)NC(=O)Cc1ccc(CN2CCOCC2)cc1)C(=O)NC(Cc1ccccc1)C(=O)C1(C)CO1. The minimum absolute atomic E-state index is 0.0963. The van der Waals surface area contributed by atoms with Crippen LogP contribution in [0.5, 0.6) is 0 Å². The zero-order valence-corrected chi connectivity index (χ0v) is 28.9. The van der Waals surface area contributed by atoms with Gasteiger partial charge < -0.3 is 30.2 Å². The summed E-state index contributed by atoms with van der Waals surface area (Å²) in [6.45, 7) is 5.93. The molecule has 2 aliphatic rings. The van der Waals surface area contributed by atoms with E-state index < -0.39 is 35.5 Å². The van der Waals surface area contributed by atoms with Crippen LogP contribution in [0.25, 0.3) is 0 Å². The average Bonchev–Trinajstić information content (AvgIpc) is 3.89. The van der Waals surface area contributed by atoms with Gasteiger partial charge in [-0.2, -0.15) is 0 Å². The Balaban J connectivity index is 1.24. The van der Waals surface area contributed by atoms with Crippen molar-refractivity contribution in [2.75, 3.05) is 46.6 Å². The molecule has 2 heterocycles. The van der Waals surface area contributed by atoms with Gasteiger partial charge >= 0.3 is 0 Å². The molecule has 2 saturated heterocycles. The molecule has 3 amide bonds. The molecule has 0 saturated carbocycles. The Labute approximate surface area is 294 Å². The maximum absolute atomic E-state index is 13.8. The normalized spacial score (nSPS) is 19.1. The first kappa shape index (κ1) is 36.9. The Hall–Kier alpha value is -4.42. The van der Waals surface area contributed by atoms with Gasteiger partial charge in [-0.15, -0.1) is 0 Å². The summed E-state index contributed by atoms with van der Waals surface area (Å²) in [4.78, 5) is 56.5. The van der Waals surface area contributed by atoms with Crippen molar-refractivity contribution in [3.8, 4) is 0 Å². The summed E-state index contributed by atoms with van der Waals surface area (Å²) in [5.74, 6) is -1.63. The summed E-state index contributed by atoms with van der Waals surface area (Å²) in [6.07, 6.45) is 1.20. The topological polar surface area (TPSA) is 139 Å². The van der Waals surface area contributed by atoms with E-state index in [1.54, 1.807) is 6.92 Å². The monoisotopic (exact) mass is 684 g/mol. The molecular weight excluding hydrogens is 636 g/mol. The minimum Gasteiger partial charge on any atom is -0.382 e. The number of rotatable bonds is 18. The van der Waals surface area contributed by atoms with Crippen molar-refractivity contribution in [3.63, 3.8) is 0 Å². The van der Waals surface area contributed by atoms with Crippen LogP contribution >= 0.6 is 0 Å². The molecule has 0 aromatic heterocycles. The lowest BCUT2D eigenvalue weighted by atomic mass is 9.94. The van der Waals surface area contributed by atoms with Gasteiger partial charge in [0.05, 0.1) is 38.9 Å². The van der Waals surface area contributed by atoms with E-state index in [4.69, 9.17) is 14.2 Å². The van der Waals surface area contributed by atoms with Crippen molar-refractivity contribution in [3.05, 3.63) is 107 Å². The highest BCUT2D eigenvalue weighted by molar-refractivity contribution is 5.98. The lowest BCUT2D eigenvalue weighted by Crippen LogP contribution is -2.58. The number of morpholine rings is 1. The number of hydrogen-bond donors (Lipinski definition) is 3. The summed E-state index contributed by atoms with van der Waals surface area (Å²) < 4.78 is 16.1. The standard InChI is InChI=1S/C39H48N4O7/c1-39(27-50-39)36(45)33(23-29-11-7-4-8-12-29)41-38(47)34(26-48-2)42-37(46)32(18-17-28-9-5-3-6-10-28)40-35(44)24-30-13-15-31(16-14-30)25-43-19-21-49-22-20-43/h3-16,32-34H,17-27H2,1-2H3,(H,40,44)(H,41,47)(H,42,46). The lowest BCUT2D eigenvalue weighted by molar-refractivity contribution is -0.135. The first-order chi connectivity index (χ1) is 24.2. The second kappa shape index (κ2) is 18.0. The van der Waals surface area contributed by atoms with Crippen LogP contribution < -0.4 is 16.0 Å². The number of carbonyl (C=O) groups excluding carboxylic acids is 4. The predicted molar refractivity (Wildman–Crippen MR) is 188 cm³/mol. The summed E-state index contributed by atoms with van der Waals surface area (Å²) in [5.41, 5.74) is 2.92. The highest BCUT2D eigenvalue weighted by atomic mass is 16.6. The van der Waals surface area contributed by atoms with Crippen molar-refractivity contribution in [1.29, 1.82) is 0 Å². The number of methoxy groups -OCH3 is 1. The van der Waals surface area contributed by atoms with E-state index in [9.17, 15) is 19.2 Å². The van der Waals surface area contributed by atoms with Crippen LogP contribution in [0.4, 0.5) is 0 Å². The number of carbonyl (C=O) groups is 4. The van der Waals surface area contributed by atoms with E-state index >= 15 is 0 Å².